The highest BCUT2D eigenvalue weighted by Gasteiger charge is 2.38. The number of aliphatic hydroxyl groups excluding tert-OH is 1. The number of Topliss-reactive ketones (excluding diaryl/α,β-unsaturated/α-hetero) is 1. The maximum absolute atomic E-state index is 12.5. The van der Waals surface area contributed by atoms with Crippen LogP contribution < -0.4 is 10.1 Å². The molecule has 0 spiro atoms. The Balaban J connectivity index is 2.05. The number of methoxy groups -OCH3 is 1. The molecule has 23 heavy (non-hydrogen) atoms. The van der Waals surface area contributed by atoms with Crippen molar-refractivity contribution in [2.45, 2.75) is 6.04 Å². The third-order valence-corrected chi connectivity index (χ3v) is 3.56. The lowest BCUT2D eigenvalue weighted by atomic mass is 9.95. The van der Waals surface area contributed by atoms with Gasteiger partial charge >= 0.3 is 0 Å². The van der Waals surface area contributed by atoms with E-state index in [-0.39, 0.29) is 22.8 Å². The van der Waals surface area contributed by atoms with Crippen molar-refractivity contribution in [3.8, 4) is 11.5 Å². The third-order valence-electron chi connectivity index (χ3n) is 3.56. The van der Waals surface area contributed by atoms with Gasteiger partial charge in [0.1, 0.15) is 0 Å². The fourth-order valence-electron chi connectivity index (χ4n) is 2.43. The highest BCUT2D eigenvalue weighted by molar-refractivity contribution is 6.15. The van der Waals surface area contributed by atoms with Crippen LogP contribution in [0, 0.1) is 0 Å². The minimum absolute atomic E-state index is 0.0128. The van der Waals surface area contributed by atoms with Gasteiger partial charge in [-0.05, 0) is 29.8 Å². The molecule has 0 radical (unpaired) electrons. The van der Waals surface area contributed by atoms with Crippen LogP contribution >= 0.6 is 0 Å². The van der Waals surface area contributed by atoms with Gasteiger partial charge in [0, 0.05) is 0 Å². The second-order valence-electron chi connectivity index (χ2n) is 4.91. The number of ketones is 1. The number of phenolic OH excluding ortho intramolecular Hbond substituents is 1. The van der Waals surface area contributed by atoms with E-state index in [1.807, 2.05) is 0 Å². The Bertz CT molecular complexity index is 806. The van der Waals surface area contributed by atoms with E-state index in [2.05, 4.69) is 5.32 Å². The van der Waals surface area contributed by atoms with E-state index in [1.165, 1.54) is 43.7 Å². The number of carbonyl (C=O) groups excluding carboxylic acids is 2. The maximum Gasteiger partial charge on any atom is 0.287 e. The van der Waals surface area contributed by atoms with E-state index in [1.54, 1.807) is 0 Å². The van der Waals surface area contributed by atoms with E-state index in [9.17, 15) is 19.8 Å². The number of phenols is 1. The van der Waals surface area contributed by atoms with E-state index >= 15 is 0 Å². The summed E-state index contributed by atoms with van der Waals surface area (Å²) in [5, 5.41) is 22.1. The molecule has 1 aliphatic rings. The van der Waals surface area contributed by atoms with Crippen LogP contribution in [0.3, 0.4) is 0 Å². The van der Waals surface area contributed by atoms with E-state index in [4.69, 9.17) is 9.15 Å². The summed E-state index contributed by atoms with van der Waals surface area (Å²) in [4.78, 5) is 24.3. The molecule has 0 bridgehead atoms. The lowest BCUT2D eigenvalue weighted by Gasteiger charge is -2.15. The van der Waals surface area contributed by atoms with Crippen molar-refractivity contribution >= 4 is 11.7 Å². The summed E-state index contributed by atoms with van der Waals surface area (Å²) in [5.41, 5.74) is 0.365. The third kappa shape index (κ3) is 2.42. The maximum atomic E-state index is 12.5. The molecule has 3 N–H and O–H groups in total. The molecular weight excluding hydrogens is 302 g/mol. The number of aliphatic hydroxyl groups is 1. The SMILES string of the molecule is COc1cc([C@H]2NC(=O)C(O)=C2C(=O)c2ccco2)ccc1O. The molecule has 1 aliphatic heterocycles. The zero-order valence-electron chi connectivity index (χ0n) is 12.1. The average molecular weight is 315 g/mol. The van der Waals surface area contributed by atoms with Crippen molar-refractivity contribution in [2.75, 3.05) is 7.11 Å². The van der Waals surface area contributed by atoms with Gasteiger partial charge in [-0.1, -0.05) is 6.07 Å². The van der Waals surface area contributed by atoms with Gasteiger partial charge in [0.05, 0.1) is 25.0 Å². The standard InChI is InChI=1S/C16H13NO6/c1-22-11-7-8(4-5-9(11)18)13-12(15(20)16(21)17-13)14(19)10-3-2-6-23-10/h2-7,13,18,20H,1H3,(H,17,21)/t13-/m1/s1. The summed E-state index contributed by atoms with van der Waals surface area (Å²) in [6.45, 7) is 0. The quantitative estimate of drug-likeness (QED) is 0.743. The molecule has 2 heterocycles. The normalized spacial score (nSPS) is 17.3. The zero-order chi connectivity index (χ0) is 16.6. The van der Waals surface area contributed by atoms with Gasteiger partial charge in [-0.15, -0.1) is 0 Å². The Hall–Kier alpha value is -3.22. The van der Waals surface area contributed by atoms with Crippen LogP contribution in [0.5, 0.6) is 11.5 Å². The number of carbonyl (C=O) groups is 2. The summed E-state index contributed by atoms with van der Waals surface area (Å²) in [6, 6.07) is 6.50. The molecule has 7 nitrogen and oxygen atoms in total. The van der Waals surface area contributed by atoms with Crippen molar-refractivity contribution in [3.63, 3.8) is 0 Å². The van der Waals surface area contributed by atoms with Gasteiger partial charge in [0.25, 0.3) is 5.91 Å². The summed E-state index contributed by atoms with van der Waals surface area (Å²) >= 11 is 0. The minimum Gasteiger partial charge on any atom is -0.504 e. The van der Waals surface area contributed by atoms with Gasteiger partial charge in [0.2, 0.25) is 5.78 Å². The monoisotopic (exact) mass is 315 g/mol. The largest absolute Gasteiger partial charge is 0.504 e. The van der Waals surface area contributed by atoms with E-state index in [0.29, 0.717) is 5.56 Å². The lowest BCUT2D eigenvalue weighted by Crippen LogP contribution is -2.23. The number of ether oxygens (including phenoxy) is 1. The number of amides is 1. The van der Waals surface area contributed by atoms with Crippen molar-refractivity contribution in [3.05, 3.63) is 59.3 Å². The molecule has 0 saturated heterocycles. The number of furan rings is 1. The summed E-state index contributed by atoms with van der Waals surface area (Å²) < 4.78 is 10.1. The van der Waals surface area contributed by atoms with Crippen molar-refractivity contribution in [1.82, 2.24) is 5.32 Å². The highest BCUT2D eigenvalue weighted by Crippen LogP contribution is 2.36. The smallest absolute Gasteiger partial charge is 0.287 e. The minimum atomic E-state index is -0.866. The van der Waals surface area contributed by atoms with Gasteiger partial charge in [-0.3, -0.25) is 9.59 Å². The van der Waals surface area contributed by atoms with Crippen LogP contribution in [-0.4, -0.2) is 29.0 Å². The second kappa shape index (κ2) is 5.53. The van der Waals surface area contributed by atoms with Crippen LogP contribution in [0.25, 0.3) is 0 Å². The molecule has 3 rings (SSSR count). The molecule has 0 unspecified atom stereocenters. The predicted molar refractivity (Wildman–Crippen MR) is 78.2 cm³/mol. The number of aromatic hydroxyl groups is 1. The number of nitrogens with one attached hydrogen (secondary N) is 1. The van der Waals surface area contributed by atoms with E-state index < -0.39 is 23.5 Å². The van der Waals surface area contributed by atoms with Crippen LogP contribution in [0.4, 0.5) is 0 Å². The average Bonchev–Trinajstić information content (AvgIpc) is 3.17. The molecule has 1 atom stereocenters. The van der Waals surface area contributed by atoms with Crippen LogP contribution in [0.1, 0.15) is 22.2 Å². The Labute approximate surface area is 130 Å². The molecule has 1 aromatic heterocycles. The Kier molecular flexibility index (Phi) is 3.53. The predicted octanol–water partition coefficient (Wildman–Crippen LogP) is 1.86. The molecule has 7 heteroatoms. The van der Waals surface area contributed by atoms with Crippen molar-refractivity contribution in [1.29, 1.82) is 0 Å². The Morgan fingerprint density at radius 1 is 1.30 bits per heavy atom. The van der Waals surface area contributed by atoms with Crippen LogP contribution in [0.2, 0.25) is 0 Å². The first-order chi connectivity index (χ1) is 11.0. The molecule has 0 saturated carbocycles. The number of benzene rings is 1. The summed E-state index contributed by atoms with van der Waals surface area (Å²) in [5.74, 6) is -1.87. The first kappa shape index (κ1) is 14.7. The summed E-state index contributed by atoms with van der Waals surface area (Å²) in [7, 11) is 1.38. The molecule has 0 aliphatic carbocycles. The first-order valence-electron chi connectivity index (χ1n) is 6.72. The van der Waals surface area contributed by atoms with Crippen LogP contribution in [-0.2, 0) is 4.79 Å². The summed E-state index contributed by atoms with van der Waals surface area (Å²) in [6.07, 6.45) is 1.33. The molecule has 0 fully saturated rings. The Morgan fingerprint density at radius 2 is 2.09 bits per heavy atom. The van der Waals surface area contributed by atoms with Gasteiger partial charge in [-0.2, -0.15) is 0 Å². The van der Waals surface area contributed by atoms with Crippen molar-refractivity contribution < 1.29 is 29.0 Å². The topological polar surface area (TPSA) is 109 Å². The first-order valence-corrected chi connectivity index (χ1v) is 6.72. The fraction of sp³-hybridized carbons (Fsp3) is 0.125. The highest BCUT2D eigenvalue weighted by atomic mass is 16.5. The van der Waals surface area contributed by atoms with Crippen molar-refractivity contribution in [2.24, 2.45) is 0 Å². The molecule has 2 aromatic rings. The van der Waals surface area contributed by atoms with E-state index in [0.717, 1.165) is 0 Å². The molecule has 1 amide bonds. The van der Waals surface area contributed by atoms with Gasteiger partial charge < -0.3 is 24.7 Å². The lowest BCUT2D eigenvalue weighted by molar-refractivity contribution is -0.119. The number of hydrogen-bond acceptors (Lipinski definition) is 6. The molecular formula is C16H13NO6. The Morgan fingerprint density at radius 3 is 2.74 bits per heavy atom. The fourth-order valence-corrected chi connectivity index (χ4v) is 2.43. The second-order valence-corrected chi connectivity index (χ2v) is 4.91. The van der Waals surface area contributed by atoms with Crippen LogP contribution in [0.15, 0.2) is 52.3 Å². The van der Waals surface area contributed by atoms with Gasteiger partial charge in [0.15, 0.2) is 23.0 Å². The number of rotatable bonds is 4. The number of hydrogen-bond donors (Lipinski definition) is 3. The molecule has 118 valence electrons. The molecule has 1 aromatic carbocycles. The zero-order valence-corrected chi connectivity index (χ0v) is 12.1. The van der Waals surface area contributed by atoms with Gasteiger partial charge in [-0.25, -0.2) is 0 Å².